The molecule has 0 aliphatic heterocycles. The van der Waals surface area contributed by atoms with Crippen molar-refractivity contribution in [2.45, 2.75) is 46.3 Å². The predicted octanol–water partition coefficient (Wildman–Crippen LogP) is 3.09. The molecule has 0 bridgehead atoms. The molecule has 66 valence electrons. The highest BCUT2D eigenvalue weighted by Crippen LogP contribution is 2.31. The number of hydrogen-bond donors (Lipinski definition) is 0. The summed E-state index contributed by atoms with van der Waals surface area (Å²) < 4.78 is 0.0460. The molecule has 0 unspecified atom stereocenters. The standard InChI is InChI=1S/C9H18OS/c1-8(2,3)7(10)11-9(4,5)6/h1-6H3. The molecule has 0 radical (unpaired) electrons. The Labute approximate surface area is 73.9 Å². The highest BCUT2D eigenvalue weighted by Gasteiger charge is 2.26. The molecule has 0 rings (SSSR count). The maximum Gasteiger partial charge on any atom is 0.194 e. The van der Waals surface area contributed by atoms with Gasteiger partial charge in [-0.05, 0) is 0 Å². The van der Waals surface area contributed by atoms with Crippen molar-refractivity contribution in [3.8, 4) is 0 Å². The van der Waals surface area contributed by atoms with E-state index in [1.165, 1.54) is 11.8 Å². The van der Waals surface area contributed by atoms with Crippen LogP contribution in [0.15, 0.2) is 0 Å². The average Bonchev–Trinajstić information content (AvgIpc) is 1.56. The molecule has 0 N–H and O–H groups in total. The van der Waals surface area contributed by atoms with Gasteiger partial charge >= 0.3 is 0 Å². The van der Waals surface area contributed by atoms with Crippen LogP contribution in [0.2, 0.25) is 0 Å². The van der Waals surface area contributed by atoms with Gasteiger partial charge in [0.25, 0.3) is 0 Å². The van der Waals surface area contributed by atoms with Gasteiger partial charge < -0.3 is 0 Å². The normalized spacial score (nSPS) is 13.3. The number of carbonyl (C=O) groups is 1. The SMILES string of the molecule is CC(C)(C)SC(=O)C(C)(C)C. The summed E-state index contributed by atoms with van der Waals surface area (Å²) >= 11 is 1.42. The van der Waals surface area contributed by atoms with Crippen molar-refractivity contribution < 1.29 is 4.79 Å². The third-order valence-electron chi connectivity index (χ3n) is 1.01. The quantitative estimate of drug-likeness (QED) is 0.561. The molecule has 0 aromatic heterocycles. The van der Waals surface area contributed by atoms with Crippen LogP contribution in [0.25, 0.3) is 0 Å². The number of rotatable bonds is 0. The highest BCUT2D eigenvalue weighted by molar-refractivity contribution is 8.14. The minimum atomic E-state index is -0.210. The zero-order valence-electron chi connectivity index (χ0n) is 8.32. The van der Waals surface area contributed by atoms with Crippen LogP contribution >= 0.6 is 11.8 Å². The Morgan fingerprint density at radius 2 is 1.36 bits per heavy atom. The second-order valence-electron chi connectivity index (χ2n) is 4.75. The van der Waals surface area contributed by atoms with E-state index in [4.69, 9.17) is 0 Å². The van der Waals surface area contributed by atoms with E-state index in [0.717, 1.165) is 0 Å². The molecule has 0 fully saturated rings. The topological polar surface area (TPSA) is 17.1 Å². The Bertz CT molecular complexity index is 148. The van der Waals surface area contributed by atoms with Gasteiger partial charge in [0.05, 0.1) is 0 Å². The van der Waals surface area contributed by atoms with Crippen LogP contribution in [-0.2, 0) is 4.79 Å². The fourth-order valence-electron chi connectivity index (χ4n) is 0.431. The van der Waals surface area contributed by atoms with Crippen LogP contribution in [0.3, 0.4) is 0 Å². The minimum Gasteiger partial charge on any atom is -0.287 e. The van der Waals surface area contributed by atoms with Gasteiger partial charge in [-0.2, -0.15) is 0 Å². The zero-order chi connectivity index (χ0) is 9.28. The summed E-state index contributed by atoms with van der Waals surface area (Å²) in [5.41, 5.74) is -0.210. The minimum absolute atomic E-state index is 0.0460. The Morgan fingerprint density at radius 3 is 1.45 bits per heavy atom. The van der Waals surface area contributed by atoms with E-state index in [2.05, 4.69) is 20.8 Å². The third-order valence-corrected chi connectivity index (χ3v) is 2.42. The van der Waals surface area contributed by atoms with Crippen LogP contribution in [-0.4, -0.2) is 9.86 Å². The molecular formula is C9H18OS. The van der Waals surface area contributed by atoms with Crippen LogP contribution in [0.1, 0.15) is 41.5 Å². The predicted molar refractivity (Wildman–Crippen MR) is 51.8 cm³/mol. The molecule has 0 heterocycles. The van der Waals surface area contributed by atoms with Crippen molar-refractivity contribution in [3.05, 3.63) is 0 Å². The summed E-state index contributed by atoms with van der Waals surface area (Å²) in [6.45, 7) is 12.0. The number of thioether (sulfide) groups is 1. The van der Waals surface area contributed by atoms with Gasteiger partial charge in [-0.25, -0.2) is 0 Å². The zero-order valence-corrected chi connectivity index (χ0v) is 9.13. The van der Waals surface area contributed by atoms with Crippen LogP contribution in [0.4, 0.5) is 0 Å². The maximum atomic E-state index is 11.4. The second-order valence-corrected chi connectivity index (χ2v) is 6.55. The van der Waals surface area contributed by atoms with Gasteiger partial charge in [-0.3, -0.25) is 4.79 Å². The lowest BCUT2D eigenvalue weighted by Gasteiger charge is -2.22. The van der Waals surface area contributed by atoms with E-state index in [-0.39, 0.29) is 15.3 Å². The number of hydrogen-bond acceptors (Lipinski definition) is 2. The van der Waals surface area contributed by atoms with Crippen molar-refractivity contribution in [1.29, 1.82) is 0 Å². The largest absolute Gasteiger partial charge is 0.287 e. The van der Waals surface area contributed by atoms with E-state index in [0.29, 0.717) is 0 Å². The van der Waals surface area contributed by atoms with Crippen molar-refractivity contribution in [2.75, 3.05) is 0 Å². The van der Waals surface area contributed by atoms with Crippen molar-refractivity contribution in [1.82, 2.24) is 0 Å². The highest BCUT2D eigenvalue weighted by atomic mass is 32.2. The lowest BCUT2D eigenvalue weighted by atomic mass is 9.99. The maximum absolute atomic E-state index is 11.4. The molecule has 0 spiro atoms. The van der Waals surface area contributed by atoms with E-state index in [1.54, 1.807) is 0 Å². The molecule has 1 nitrogen and oxygen atoms in total. The summed E-state index contributed by atoms with van der Waals surface area (Å²) in [6, 6.07) is 0. The summed E-state index contributed by atoms with van der Waals surface area (Å²) in [7, 11) is 0. The monoisotopic (exact) mass is 174 g/mol. The molecular weight excluding hydrogens is 156 g/mol. The fraction of sp³-hybridized carbons (Fsp3) is 0.889. The molecule has 0 aromatic rings. The number of carbonyl (C=O) groups excluding carboxylic acids is 1. The molecule has 2 heteroatoms. The van der Waals surface area contributed by atoms with Gasteiger partial charge in [-0.1, -0.05) is 53.3 Å². The van der Waals surface area contributed by atoms with Gasteiger partial charge in [0, 0.05) is 10.2 Å². The van der Waals surface area contributed by atoms with Crippen LogP contribution in [0, 0.1) is 5.41 Å². The van der Waals surface area contributed by atoms with E-state index >= 15 is 0 Å². The molecule has 11 heavy (non-hydrogen) atoms. The van der Waals surface area contributed by atoms with Crippen molar-refractivity contribution in [2.24, 2.45) is 5.41 Å². The Hall–Kier alpha value is 0.0200. The van der Waals surface area contributed by atoms with E-state index in [1.807, 2.05) is 20.8 Å². The van der Waals surface area contributed by atoms with Gasteiger partial charge in [-0.15, -0.1) is 0 Å². The molecule has 0 aliphatic carbocycles. The average molecular weight is 174 g/mol. The van der Waals surface area contributed by atoms with Gasteiger partial charge in [0.15, 0.2) is 5.12 Å². The molecule has 0 amide bonds. The van der Waals surface area contributed by atoms with Crippen LogP contribution < -0.4 is 0 Å². The Morgan fingerprint density at radius 1 is 1.00 bits per heavy atom. The first-order valence-electron chi connectivity index (χ1n) is 3.86. The third kappa shape index (κ3) is 5.31. The van der Waals surface area contributed by atoms with Crippen molar-refractivity contribution in [3.63, 3.8) is 0 Å². The first-order chi connectivity index (χ1) is 4.63. The lowest BCUT2D eigenvalue weighted by Crippen LogP contribution is -2.22. The lowest BCUT2D eigenvalue weighted by molar-refractivity contribution is -0.117. The van der Waals surface area contributed by atoms with Gasteiger partial charge in [0.1, 0.15) is 0 Å². The smallest absolute Gasteiger partial charge is 0.194 e. The van der Waals surface area contributed by atoms with Crippen LogP contribution in [0.5, 0.6) is 0 Å². The van der Waals surface area contributed by atoms with E-state index in [9.17, 15) is 4.79 Å². The molecule has 0 aliphatic rings. The first kappa shape index (κ1) is 11.0. The Balaban J connectivity index is 4.11. The Kier molecular flexibility index (Phi) is 3.18. The molecule has 0 saturated heterocycles. The molecule has 0 atom stereocenters. The van der Waals surface area contributed by atoms with E-state index < -0.39 is 0 Å². The fourth-order valence-corrected chi connectivity index (χ4v) is 1.29. The summed E-state index contributed by atoms with van der Waals surface area (Å²) in [5.74, 6) is 0. The summed E-state index contributed by atoms with van der Waals surface area (Å²) in [5, 5.41) is 0.269. The summed E-state index contributed by atoms with van der Waals surface area (Å²) in [4.78, 5) is 11.4. The molecule has 0 aromatic carbocycles. The second kappa shape index (κ2) is 3.18. The van der Waals surface area contributed by atoms with Gasteiger partial charge in [0.2, 0.25) is 0 Å². The van der Waals surface area contributed by atoms with Crippen molar-refractivity contribution >= 4 is 16.9 Å². The summed E-state index contributed by atoms with van der Waals surface area (Å²) in [6.07, 6.45) is 0. The first-order valence-corrected chi connectivity index (χ1v) is 4.68. The molecule has 0 saturated carbocycles.